The summed E-state index contributed by atoms with van der Waals surface area (Å²) in [6.07, 6.45) is 1.67. The summed E-state index contributed by atoms with van der Waals surface area (Å²) < 4.78 is 22.9. The standard InChI is InChI=1S/C21H22N4O5/c1-13-23-24-14(2)25(13)22-12-15-6-8-17(9-7-15)30-21(26)16-10-18(27-3)20(29-5)19(11-16)28-4/h6-12H,1-5H3. The fraction of sp³-hybridized carbons (Fsp3) is 0.238. The maximum atomic E-state index is 12.6. The van der Waals surface area contributed by atoms with Crippen LogP contribution in [0.4, 0.5) is 0 Å². The molecule has 0 radical (unpaired) electrons. The molecule has 30 heavy (non-hydrogen) atoms. The molecule has 3 aromatic rings. The highest BCUT2D eigenvalue weighted by atomic mass is 16.5. The van der Waals surface area contributed by atoms with E-state index in [1.165, 1.54) is 33.5 Å². The molecule has 9 nitrogen and oxygen atoms in total. The van der Waals surface area contributed by atoms with E-state index < -0.39 is 5.97 Å². The van der Waals surface area contributed by atoms with E-state index in [1.54, 1.807) is 35.2 Å². The minimum atomic E-state index is -0.550. The maximum Gasteiger partial charge on any atom is 0.343 e. The van der Waals surface area contributed by atoms with Crippen LogP contribution in [0, 0.1) is 13.8 Å². The molecule has 0 unspecified atom stereocenters. The van der Waals surface area contributed by atoms with Crippen molar-refractivity contribution in [1.82, 2.24) is 14.9 Å². The molecule has 0 saturated carbocycles. The summed E-state index contributed by atoms with van der Waals surface area (Å²) in [4.78, 5) is 12.6. The molecule has 0 aliphatic rings. The van der Waals surface area contributed by atoms with Gasteiger partial charge in [0, 0.05) is 0 Å². The molecule has 0 aliphatic heterocycles. The van der Waals surface area contributed by atoms with Crippen LogP contribution in [0.3, 0.4) is 0 Å². The van der Waals surface area contributed by atoms with Crippen LogP contribution in [0.1, 0.15) is 27.6 Å². The molecule has 1 heterocycles. The first-order valence-electron chi connectivity index (χ1n) is 9.02. The predicted molar refractivity (Wildman–Crippen MR) is 110 cm³/mol. The largest absolute Gasteiger partial charge is 0.493 e. The molecule has 0 amide bonds. The Morgan fingerprint density at radius 3 is 2.00 bits per heavy atom. The van der Waals surface area contributed by atoms with Gasteiger partial charge in [-0.2, -0.15) is 5.10 Å². The smallest absolute Gasteiger partial charge is 0.343 e. The van der Waals surface area contributed by atoms with Crippen LogP contribution in [-0.4, -0.2) is 48.4 Å². The second-order valence-electron chi connectivity index (χ2n) is 6.22. The van der Waals surface area contributed by atoms with Gasteiger partial charge in [0.2, 0.25) is 5.75 Å². The molecule has 3 rings (SSSR count). The van der Waals surface area contributed by atoms with Crippen molar-refractivity contribution in [3.8, 4) is 23.0 Å². The zero-order valence-electron chi connectivity index (χ0n) is 17.4. The molecule has 0 N–H and O–H groups in total. The minimum absolute atomic E-state index is 0.272. The molecule has 0 fully saturated rings. The van der Waals surface area contributed by atoms with Crippen molar-refractivity contribution in [2.75, 3.05) is 21.3 Å². The highest BCUT2D eigenvalue weighted by molar-refractivity contribution is 5.92. The highest BCUT2D eigenvalue weighted by Crippen LogP contribution is 2.38. The predicted octanol–water partition coefficient (Wildman–Crippen LogP) is 3.02. The number of hydrogen-bond donors (Lipinski definition) is 0. The zero-order valence-corrected chi connectivity index (χ0v) is 17.4. The average molecular weight is 410 g/mol. The van der Waals surface area contributed by atoms with Gasteiger partial charge in [0.25, 0.3) is 0 Å². The van der Waals surface area contributed by atoms with Crippen molar-refractivity contribution in [1.29, 1.82) is 0 Å². The van der Waals surface area contributed by atoms with Gasteiger partial charge in [-0.05, 0) is 55.8 Å². The number of ether oxygens (including phenoxy) is 4. The Balaban J connectivity index is 1.75. The lowest BCUT2D eigenvalue weighted by atomic mass is 10.2. The lowest BCUT2D eigenvalue weighted by Crippen LogP contribution is -2.09. The molecule has 2 aromatic carbocycles. The van der Waals surface area contributed by atoms with E-state index in [4.69, 9.17) is 18.9 Å². The fourth-order valence-electron chi connectivity index (χ4n) is 2.74. The number of carbonyl (C=O) groups is 1. The van der Waals surface area contributed by atoms with Crippen LogP contribution in [0.2, 0.25) is 0 Å². The Bertz CT molecular complexity index is 1030. The summed E-state index contributed by atoms with van der Waals surface area (Å²) in [5.74, 6) is 2.37. The van der Waals surface area contributed by atoms with Gasteiger partial charge in [-0.15, -0.1) is 10.2 Å². The molecular formula is C21H22N4O5. The van der Waals surface area contributed by atoms with Crippen molar-refractivity contribution < 1.29 is 23.7 Å². The third-order valence-electron chi connectivity index (χ3n) is 4.27. The lowest BCUT2D eigenvalue weighted by Gasteiger charge is -2.13. The second kappa shape index (κ2) is 9.08. The number of rotatable bonds is 7. The molecule has 9 heteroatoms. The summed E-state index contributed by atoms with van der Waals surface area (Å²) >= 11 is 0. The fourth-order valence-corrected chi connectivity index (χ4v) is 2.74. The number of esters is 1. The molecule has 1 aromatic heterocycles. The summed E-state index contributed by atoms with van der Waals surface area (Å²) in [6, 6.07) is 10.0. The number of carbonyl (C=O) groups excluding carboxylic acids is 1. The quantitative estimate of drug-likeness (QED) is 0.335. The molecule has 0 aliphatic carbocycles. The first-order valence-corrected chi connectivity index (χ1v) is 9.02. The third-order valence-corrected chi connectivity index (χ3v) is 4.27. The van der Waals surface area contributed by atoms with E-state index in [0.29, 0.717) is 34.6 Å². The average Bonchev–Trinajstić information content (AvgIpc) is 3.09. The Morgan fingerprint density at radius 1 is 0.933 bits per heavy atom. The Morgan fingerprint density at radius 2 is 1.50 bits per heavy atom. The van der Waals surface area contributed by atoms with E-state index in [1.807, 2.05) is 13.8 Å². The topological polar surface area (TPSA) is 97.1 Å². The molecule has 0 atom stereocenters. The van der Waals surface area contributed by atoms with Gasteiger partial charge in [-0.1, -0.05) is 0 Å². The SMILES string of the molecule is COc1cc(C(=O)Oc2ccc(C=Nn3c(C)nnc3C)cc2)cc(OC)c1OC. The van der Waals surface area contributed by atoms with Gasteiger partial charge in [-0.25, -0.2) is 9.47 Å². The number of nitrogens with zero attached hydrogens (tertiary/aromatic N) is 4. The van der Waals surface area contributed by atoms with E-state index in [9.17, 15) is 4.79 Å². The van der Waals surface area contributed by atoms with E-state index in [2.05, 4.69) is 15.3 Å². The van der Waals surface area contributed by atoms with Crippen LogP contribution in [-0.2, 0) is 0 Å². The molecular weight excluding hydrogens is 388 g/mol. The number of aromatic nitrogens is 3. The number of benzene rings is 2. The van der Waals surface area contributed by atoms with Gasteiger partial charge in [0.15, 0.2) is 23.1 Å². The third kappa shape index (κ3) is 4.40. The summed E-state index contributed by atoms with van der Waals surface area (Å²) in [5.41, 5.74) is 1.10. The maximum absolute atomic E-state index is 12.6. The first-order chi connectivity index (χ1) is 14.5. The number of methoxy groups -OCH3 is 3. The van der Waals surface area contributed by atoms with Crippen LogP contribution in [0.15, 0.2) is 41.5 Å². The van der Waals surface area contributed by atoms with Gasteiger partial charge in [0.1, 0.15) is 5.75 Å². The normalized spacial score (nSPS) is 10.8. The van der Waals surface area contributed by atoms with Crippen molar-refractivity contribution in [2.24, 2.45) is 5.10 Å². The lowest BCUT2D eigenvalue weighted by molar-refractivity contribution is 0.0734. The minimum Gasteiger partial charge on any atom is -0.493 e. The van der Waals surface area contributed by atoms with E-state index >= 15 is 0 Å². The summed E-state index contributed by atoms with van der Waals surface area (Å²) in [6.45, 7) is 3.64. The Hall–Kier alpha value is -3.88. The summed E-state index contributed by atoms with van der Waals surface area (Å²) in [7, 11) is 4.46. The van der Waals surface area contributed by atoms with Crippen LogP contribution >= 0.6 is 0 Å². The van der Waals surface area contributed by atoms with Gasteiger partial charge < -0.3 is 18.9 Å². The van der Waals surface area contributed by atoms with Crippen LogP contribution in [0.25, 0.3) is 0 Å². The van der Waals surface area contributed by atoms with Gasteiger partial charge >= 0.3 is 5.97 Å². The highest BCUT2D eigenvalue weighted by Gasteiger charge is 2.18. The molecule has 0 bridgehead atoms. The van der Waals surface area contributed by atoms with Crippen LogP contribution in [0.5, 0.6) is 23.0 Å². The van der Waals surface area contributed by atoms with Gasteiger partial charge in [-0.3, -0.25) is 0 Å². The number of aryl methyl sites for hydroxylation is 2. The van der Waals surface area contributed by atoms with Gasteiger partial charge in [0.05, 0.1) is 33.1 Å². The van der Waals surface area contributed by atoms with Crippen molar-refractivity contribution >= 4 is 12.2 Å². The van der Waals surface area contributed by atoms with Crippen molar-refractivity contribution in [3.63, 3.8) is 0 Å². The Labute approximate surface area is 173 Å². The second-order valence-corrected chi connectivity index (χ2v) is 6.22. The monoisotopic (exact) mass is 410 g/mol. The number of hydrogen-bond acceptors (Lipinski definition) is 8. The molecule has 0 spiro atoms. The van der Waals surface area contributed by atoms with Crippen LogP contribution < -0.4 is 18.9 Å². The molecule has 0 saturated heterocycles. The van der Waals surface area contributed by atoms with E-state index in [-0.39, 0.29) is 5.56 Å². The summed E-state index contributed by atoms with van der Waals surface area (Å²) in [5, 5.41) is 12.3. The molecule has 156 valence electrons. The van der Waals surface area contributed by atoms with Crippen molar-refractivity contribution in [3.05, 3.63) is 59.2 Å². The Kier molecular flexibility index (Phi) is 6.31. The first kappa shape index (κ1) is 20.8. The van der Waals surface area contributed by atoms with Crippen molar-refractivity contribution in [2.45, 2.75) is 13.8 Å². The zero-order chi connectivity index (χ0) is 21.7. The van der Waals surface area contributed by atoms with E-state index in [0.717, 1.165) is 5.56 Å².